The van der Waals surface area contributed by atoms with E-state index in [4.69, 9.17) is 55.5 Å². The number of hydrogen-bond donors (Lipinski definition) is 2. The van der Waals surface area contributed by atoms with Gasteiger partial charge in [-0.1, -0.05) is 0 Å². The summed E-state index contributed by atoms with van der Waals surface area (Å²) < 4.78 is 38.3. The van der Waals surface area contributed by atoms with E-state index in [1.54, 1.807) is 9.34 Å². The molecule has 0 radical (unpaired) electrons. The lowest BCUT2D eigenvalue weighted by atomic mass is 10.5. The summed E-state index contributed by atoms with van der Waals surface area (Å²) in [7, 11) is -5.68. The van der Waals surface area contributed by atoms with Gasteiger partial charge in [0.05, 0.1) is 13.2 Å². The molecule has 0 amide bonds. The number of halogens is 4. The van der Waals surface area contributed by atoms with Gasteiger partial charge in [0.2, 0.25) is 0 Å². The van der Waals surface area contributed by atoms with E-state index in [2.05, 4.69) is 10.2 Å². The molecule has 1 unspecified atom stereocenters. The summed E-state index contributed by atoms with van der Waals surface area (Å²) in [5.41, 5.74) is 0. The maximum atomic E-state index is 12.2. The quantitative estimate of drug-likeness (QED) is 0.332. The molecule has 2 aliphatic heterocycles. The Morgan fingerprint density at radius 2 is 1.00 bits per heavy atom. The Morgan fingerprint density at radius 3 is 1.21 bits per heavy atom. The van der Waals surface area contributed by atoms with Gasteiger partial charge in [-0.15, -0.1) is 46.4 Å². The van der Waals surface area contributed by atoms with Crippen LogP contribution in [0.15, 0.2) is 0 Å². The highest BCUT2D eigenvalue weighted by Gasteiger charge is 2.33. The maximum Gasteiger partial charge on any atom is 0.343 e. The maximum absolute atomic E-state index is 12.2. The van der Waals surface area contributed by atoms with E-state index in [0.29, 0.717) is 62.9 Å². The van der Waals surface area contributed by atoms with E-state index in [9.17, 15) is 9.13 Å². The van der Waals surface area contributed by atoms with Gasteiger partial charge in [0.15, 0.2) is 0 Å². The van der Waals surface area contributed by atoms with Crippen molar-refractivity contribution in [1.29, 1.82) is 0 Å². The molecule has 2 atom stereocenters. The molecule has 0 saturated carbocycles. The Kier molecular flexibility index (Phi) is 14.9. The lowest BCUT2D eigenvalue weighted by molar-refractivity contribution is 0.232. The molecule has 2 aliphatic rings. The third-order valence-electron chi connectivity index (χ3n) is 3.91. The van der Waals surface area contributed by atoms with E-state index in [1.165, 1.54) is 0 Å². The van der Waals surface area contributed by atoms with Gasteiger partial charge in [-0.2, -0.15) is 0 Å². The molecular weight excluding hydrogens is 492 g/mol. The molecule has 28 heavy (non-hydrogen) atoms. The molecule has 0 aromatic rings. The summed E-state index contributed by atoms with van der Waals surface area (Å²) in [4.78, 5) is 0. The lowest BCUT2D eigenvalue weighted by Crippen LogP contribution is -2.35. The molecule has 2 fully saturated rings. The highest BCUT2D eigenvalue weighted by atomic mass is 35.5. The Labute approximate surface area is 188 Å². The standard InChI is InChI=1S/2C7H15Cl2N2O2P/c2*8-2-5-11(6-3-9)14(12)10-4-1-7-13-14/h2*1-7H2,(H,10,12)/t14-;/m0./s1. The highest BCUT2D eigenvalue weighted by molar-refractivity contribution is 7.54. The second-order valence-corrected chi connectivity index (χ2v) is 11.8. The molecule has 14 heteroatoms. The SMILES string of the molecule is O=P1(N(CCCl)CCCl)NCCCO1.O=[P@@]1(N(CCCl)CCCl)NCCCO1. The minimum absolute atomic E-state index is 0.423. The smallest absolute Gasteiger partial charge is 0.306 e. The number of alkyl halides is 4. The van der Waals surface area contributed by atoms with E-state index in [0.717, 1.165) is 25.9 Å². The molecule has 2 saturated heterocycles. The average molecular weight is 522 g/mol. The Morgan fingerprint density at radius 1 is 0.679 bits per heavy atom. The molecule has 0 aromatic carbocycles. The van der Waals surface area contributed by atoms with Gasteiger partial charge in [-0.25, -0.2) is 19.5 Å². The topological polar surface area (TPSA) is 83.1 Å². The predicted octanol–water partition coefficient (Wildman–Crippen LogP) is 3.77. The molecule has 0 aliphatic carbocycles. The molecule has 0 spiro atoms. The third-order valence-corrected chi connectivity index (χ3v) is 9.19. The molecule has 2 rings (SSSR count). The normalized spacial score (nSPS) is 28.2. The van der Waals surface area contributed by atoms with Gasteiger partial charge < -0.3 is 9.05 Å². The first kappa shape index (κ1) is 27.4. The fourth-order valence-corrected chi connectivity index (χ4v) is 7.84. The molecule has 2 heterocycles. The zero-order chi connectivity index (χ0) is 20.9. The first-order valence-corrected chi connectivity index (χ1v) is 14.5. The number of hydrogen-bond acceptors (Lipinski definition) is 4. The van der Waals surface area contributed by atoms with Crippen molar-refractivity contribution in [3.8, 4) is 0 Å². The molecule has 0 aromatic heterocycles. The zero-order valence-electron chi connectivity index (χ0n) is 15.8. The summed E-state index contributed by atoms with van der Waals surface area (Å²) in [6.45, 7) is 4.61. The summed E-state index contributed by atoms with van der Waals surface area (Å²) in [6, 6.07) is 0. The van der Waals surface area contributed by atoms with E-state index < -0.39 is 15.3 Å². The zero-order valence-corrected chi connectivity index (χ0v) is 20.6. The molecule has 168 valence electrons. The Bertz CT molecular complexity index is 448. The third kappa shape index (κ3) is 9.25. The van der Waals surface area contributed by atoms with E-state index in [-0.39, 0.29) is 0 Å². The minimum atomic E-state index is -2.84. The largest absolute Gasteiger partial charge is 0.343 e. The van der Waals surface area contributed by atoms with Crippen molar-refractivity contribution < 1.29 is 18.2 Å². The second kappa shape index (κ2) is 15.2. The van der Waals surface area contributed by atoms with Crippen molar-refractivity contribution in [2.45, 2.75) is 12.8 Å². The fourth-order valence-electron chi connectivity index (χ4n) is 2.56. The highest BCUT2D eigenvalue weighted by Crippen LogP contribution is 2.48. The summed E-state index contributed by atoms with van der Waals surface area (Å²) >= 11 is 22.5. The van der Waals surface area contributed by atoms with E-state index >= 15 is 0 Å². The monoisotopic (exact) mass is 520 g/mol. The van der Waals surface area contributed by atoms with Crippen LogP contribution in [-0.4, -0.2) is 85.3 Å². The minimum Gasteiger partial charge on any atom is -0.306 e. The Balaban J connectivity index is 0.000000280. The number of nitrogens with zero attached hydrogens (tertiary/aromatic N) is 2. The number of nitrogens with one attached hydrogen (secondary N) is 2. The van der Waals surface area contributed by atoms with Gasteiger partial charge in [0, 0.05) is 62.8 Å². The van der Waals surface area contributed by atoms with Crippen molar-refractivity contribution >= 4 is 61.7 Å². The number of rotatable bonds is 10. The van der Waals surface area contributed by atoms with Crippen molar-refractivity contribution in [2.75, 3.05) is 76.0 Å². The average Bonchev–Trinajstić information content (AvgIpc) is 2.69. The molecule has 2 N–H and O–H groups in total. The predicted molar refractivity (Wildman–Crippen MR) is 118 cm³/mol. The van der Waals surface area contributed by atoms with Gasteiger partial charge in [-0.3, -0.25) is 9.13 Å². The first-order chi connectivity index (χ1) is 13.5. The summed E-state index contributed by atoms with van der Waals surface area (Å²) in [5.74, 6) is 1.69. The first-order valence-electron chi connectivity index (χ1n) is 9.20. The second-order valence-electron chi connectivity index (χ2n) is 5.89. The lowest BCUT2D eigenvalue weighted by Gasteiger charge is -2.33. The Hall–Kier alpha value is 1.38. The van der Waals surface area contributed by atoms with Gasteiger partial charge in [0.1, 0.15) is 0 Å². The van der Waals surface area contributed by atoms with Crippen LogP contribution in [0.1, 0.15) is 12.8 Å². The fraction of sp³-hybridized carbons (Fsp3) is 1.00. The van der Waals surface area contributed by atoms with Crippen molar-refractivity contribution in [2.24, 2.45) is 0 Å². The van der Waals surface area contributed by atoms with Crippen LogP contribution in [0, 0.1) is 0 Å². The van der Waals surface area contributed by atoms with Gasteiger partial charge in [-0.05, 0) is 12.8 Å². The van der Waals surface area contributed by atoms with E-state index in [1.807, 2.05) is 0 Å². The van der Waals surface area contributed by atoms with Crippen LogP contribution in [-0.2, 0) is 18.2 Å². The van der Waals surface area contributed by atoms with Crippen LogP contribution < -0.4 is 10.2 Å². The van der Waals surface area contributed by atoms with Crippen LogP contribution >= 0.6 is 61.7 Å². The van der Waals surface area contributed by atoms with Crippen LogP contribution in [0.5, 0.6) is 0 Å². The van der Waals surface area contributed by atoms with Gasteiger partial charge >= 0.3 is 15.3 Å². The molecule has 8 nitrogen and oxygen atoms in total. The summed E-state index contributed by atoms with van der Waals surface area (Å²) in [6.07, 6.45) is 1.78. The van der Waals surface area contributed by atoms with Crippen LogP contribution in [0.2, 0.25) is 0 Å². The summed E-state index contributed by atoms with van der Waals surface area (Å²) in [5, 5.41) is 5.81. The molecule has 0 bridgehead atoms. The van der Waals surface area contributed by atoms with Crippen LogP contribution in [0.25, 0.3) is 0 Å². The van der Waals surface area contributed by atoms with Crippen molar-refractivity contribution in [1.82, 2.24) is 19.5 Å². The van der Waals surface area contributed by atoms with Crippen LogP contribution in [0.4, 0.5) is 0 Å². The van der Waals surface area contributed by atoms with Gasteiger partial charge in [0.25, 0.3) is 0 Å². The van der Waals surface area contributed by atoms with Crippen molar-refractivity contribution in [3.05, 3.63) is 0 Å². The van der Waals surface area contributed by atoms with Crippen LogP contribution in [0.3, 0.4) is 0 Å². The molecular formula is C14H30Cl4N4O4P2. The van der Waals surface area contributed by atoms with Crippen molar-refractivity contribution in [3.63, 3.8) is 0 Å².